The lowest BCUT2D eigenvalue weighted by molar-refractivity contribution is 0.105. The summed E-state index contributed by atoms with van der Waals surface area (Å²) in [5.74, 6) is 0. The van der Waals surface area contributed by atoms with E-state index in [1.807, 2.05) is 44.7 Å². The number of rotatable bonds is 10. The van der Waals surface area contributed by atoms with Crippen LogP contribution >= 0.6 is 9.39 Å². The molecule has 4 atom stereocenters. The molecular formula is C15H33N4OP. The quantitative estimate of drug-likeness (QED) is 0.588. The molecule has 0 rings (SSSR count). The van der Waals surface area contributed by atoms with E-state index in [4.69, 9.17) is 0 Å². The standard InChI is InChI=1S/C15H33N4OP/c1-11(9-18(7)21)19(8)14(4)12(2)16-13(3)15(20)10-17(5)6/h13-16,20H,1-2,9-10,21H2,3-8H3. The van der Waals surface area contributed by atoms with Crippen LogP contribution in [0.1, 0.15) is 13.8 Å². The molecule has 0 spiro atoms. The van der Waals surface area contributed by atoms with Crippen molar-refractivity contribution in [1.82, 2.24) is 19.8 Å². The number of likely N-dealkylation sites (N-methyl/N-ethyl adjacent to an activating group) is 3. The zero-order valence-electron chi connectivity index (χ0n) is 14.4. The van der Waals surface area contributed by atoms with Crippen molar-refractivity contribution >= 4 is 9.39 Å². The van der Waals surface area contributed by atoms with Crippen molar-refractivity contribution in [2.75, 3.05) is 41.3 Å². The third-order valence-corrected chi connectivity index (χ3v) is 3.74. The van der Waals surface area contributed by atoms with E-state index in [2.05, 4.69) is 39.7 Å². The molecule has 124 valence electrons. The van der Waals surface area contributed by atoms with Gasteiger partial charge in [-0.1, -0.05) is 22.5 Å². The average Bonchev–Trinajstić information content (AvgIpc) is 2.34. The fourth-order valence-corrected chi connectivity index (χ4v) is 2.16. The number of nitrogens with zero attached hydrogens (tertiary/aromatic N) is 3. The molecule has 6 heteroatoms. The molecule has 0 aromatic carbocycles. The first-order chi connectivity index (χ1) is 9.56. The fourth-order valence-electron chi connectivity index (χ4n) is 1.95. The largest absolute Gasteiger partial charge is 0.390 e. The molecule has 0 radical (unpaired) electrons. The Morgan fingerprint density at radius 3 is 2.14 bits per heavy atom. The molecule has 0 amide bonds. The minimum Gasteiger partial charge on any atom is -0.390 e. The molecule has 0 heterocycles. The van der Waals surface area contributed by atoms with E-state index in [-0.39, 0.29) is 12.1 Å². The predicted molar refractivity (Wildman–Crippen MR) is 95.0 cm³/mol. The van der Waals surface area contributed by atoms with Crippen molar-refractivity contribution in [3.8, 4) is 0 Å². The van der Waals surface area contributed by atoms with Gasteiger partial charge in [-0.25, -0.2) is 0 Å². The Balaban J connectivity index is 4.47. The van der Waals surface area contributed by atoms with Crippen LogP contribution in [-0.4, -0.2) is 79.0 Å². The van der Waals surface area contributed by atoms with E-state index in [0.717, 1.165) is 17.9 Å². The van der Waals surface area contributed by atoms with E-state index in [0.29, 0.717) is 6.54 Å². The lowest BCUT2D eigenvalue weighted by atomic mass is 10.1. The normalized spacial score (nSPS) is 15.7. The average molecular weight is 316 g/mol. The molecule has 0 fully saturated rings. The van der Waals surface area contributed by atoms with Crippen LogP contribution in [0.25, 0.3) is 0 Å². The molecule has 0 saturated heterocycles. The van der Waals surface area contributed by atoms with Gasteiger partial charge in [-0.15, -0.1) is 0 Å². The molecule has 0 aliphatic rings. The van der Waals surface area contributed by atoms with Crippen LogP contribution in [0.4, 0.5) is 0 Å². The SMILES string of the molecule is C=C(NC(C)C(O)CN(C)C)C(C)N(C)C(=C)CN(C)P. The minimum absolute atomic E-state index is 0.0478. The molecule has 0 bridgehead atoms. The first kappa shape index (κ1) is 20.4. The smallest absolute Gasteiger partial charge is 0.0864 e. The maximum atomic E-state index is 10.1. The van der Waals surface area contributed by atoms with Crippen molar-refractivity contribution in [3.05, 3.63) is 24.6 Å². The van der Waals surface area contributed by atoms with Crippen LogP contribution < -0.4 is 5.32 Å². The van der Waals surface area contributed by atoms with Gasteiger partial charge in [-0.2, -0.15) is 0 Å². The summed E-state index contributed by atoms with van der Waals surface area (Å²) < 4.78 is 2.01. The number of nitrogens with one attached hydrogen (secondary N) is 1. The molecule has 21 heavy (non-hydrogen) atoms. The Kier molecular flexibility index (Phi) is 9.14. The first-order valence-corrected chi connectivity index (χ1v) is 7.72. The fraction of sp³-hybridized carbons (Fsp3) is 0.733. The molecule has 2 N–H and O–H groups in total. The van der Waals surface area contributed by atoms with Crippen LogP contribution in [0.2, 0.25) is 0 Å². The third-order valence-electron chi connectivity index (χ3n) is 3.56. The highest BCUT2D eigenvalue weighted by molar-refractivity contribution is 7.13. The van der Waals surface area contributed by atoms with Gasteiger partial charge in [0.15, 0.2) is 0 Å². The second-order valence-electron chi connectivity index (χ2n) is 6.06. The van der Waals surface area contributed by atoms with Crippen LogP contribution in [0.3, 0.4) is 0 Å². The Hall–Kier alpha value is -0.610. The number of aliphatic hydroxyl groups is 1. The summed E-state index contributed by atoms with van der Waals surface area (Å²) in [5, 5.41) is 13.4. The summed E-state index contributed by atoms with van der Waals surface area (Å²) in [5.41, 5.74) is 1.90. The van der Waals surface area contributed by atoms with Gasteiger partial charge in [0.1, 0.15) is 0 Å². The maximum Gasteiger partial charge on any atom is 0.0864 e. The summed E-state index contributed by atoms with van der Waals surface area (Å²) >= 11 is 0. The van der Waals surface area contributed by atoms with E-state index in [1.165, 1.54) is 0 Å². The highest BCUT2D eigenvalue weighted by Gasteiger charge is 2.20. The van der Waals surface area contributed by atoms with Crippen molar-refractivity contribution in [3.63, 3.8) is 0 Å². The lowest BCUT2D eigenvalue weighted by Gasteiger charge is -2.34. The summed E-state index contributed by atoms with van der Waals surface area (Å²) in [6.07, 6.45) is -0.435. The highest BCUT2D eigenvalue weighted by atomic mass is 31.0. The Morgan fingerprint density at radius 1 is 1.19 bits per heavy atom. The number of aliphatic hydroxyl groups excluding tert-OH is 1. The van der Waals surface area contributed by atoms with Crippen molar-refractivity contribution in [2.24, 2.45) is 0 Å². The zero-order valence-corrected chi connectivity index (χ0v) is 15.6. The van der Waals surface area contributed by atoms with Crippen LogP contribution in [-0.2, 0) is 0 Å². The van der Waals surface area contributed by atoms with Crippen molar-refractivity contribution in [2.45, 2.75) is 32.0 Å². The van der Waals surface area contributed by atoms with E-state index < -0.39 is 6.10 Å². The predicted octanol–water partition coefficient (Wildman–Crippen LogP) is 0.957. The molecule has 5 nitrogen and oxygen atoms in total. The summed E-state index contributed by atoms with van der Waals surface area (Å²) in [6.45, 7) is 13.6. The van der Waals surface area contributed by atoms with Crippen LogP contribution in [0, 0.1) is 0 Å². The van der Waals surface area contributed by atoms with Gasteiger partial charge in [0.2, 0.25) is 0 Å². The van der Waals surface area contributed by atoms with E-state index in [9.17, 15) is 5.11 Å². The molecule has 0 aromatic heterocycles. The van der Waals surface area contributed by atoms with Crippen molar-refractivity contribution in [1.29, 1.82) is 0 Å². The van der Waals surface area contributed by atoms with E-state index in [1.54, 1.807) is 0 Å². The third kappa shape index (κ3) is 7.82. The first-order valence-electron chi connectivity index (χ1n) is 7.20. The Labute approximate surface area is 132 Å². The van der Waals surface area contributed by atoms with Gasteiger partial charge in [0.25, 0.3) is 0 Å². The topological polar surface area (TPSA) is 42.0 Å². The number of hydrogen-bond donors (Lipinski definition) is 2. The molecule has 0 saturated carbocycles. The molecule has 0 aliphatic carbocycles. The zero-order chi connectivity index (χ0) is 16.7. The Morgan fingerprint density at radius 2 is 1.71 bits per heavy atom. The molecular weight excluding hydrogens is 283 g/mol. The molecule has 0 aliphatic heterocycles. The molecule has 0 aromatic rings. The van der Waals surface area contributed by atoms with Gasteiger partial charge in [0, 0.05) is 31.5 Å². The van der Waals surface area contributed by atoms with Gasteiger partial charge < -0.3 is 20.2 Å². The van der Waals surface area contributed by atoms with E-state index >= 15 is 0 Å². The van der Waals surface area contributed by atoms with Crippen LogP contribution in [0.15, 0.2) is 24.6 Å². The highest BCUT2D eigenvalue weighted by Crippen LogP contribution is 2.13. The molecule has 4 unspecified atom stereocenters. The van der Waals surface area contributed by atoms with Crippen molar-refractivity contribution < 1.29 is 5.11 Å². The monoisotopic (exact) mass is 316 g/mol. The second kappa shape index (κ2) is 9.42. The minimum atomic E-state index is -0.435. The Bertz CT molecular complexity index is 347. The second-order valence-corrected chi connectivity index (χ2v) is 6.94. The summed E-state index contributed by atoms with van der Waals surface area (Å²) in [7, 11) is 10.5. The van der Waals surface area contributed by atoms with Crippen LogP contribution in [0.5, 0.6) is 0 Å². The summed E-state index contributed by atoms with van der Waals surface area (Å²) in [6, 6.07) is 0.0601. The van der Waals surface area contributed by atoms with Gasteiger partial charge in [-0.3, -0.25) is 4.67 Å². The van der Waals surface area contributed by atoms with Gasteiger partial charge in [-0.05, 0) is 35.0 Å². The van der Waals surface area contributed by atoms with Gasteiger partial charge in [0.05, 0.1) is 18.2 Å². The number of hydrogen-bond acceptors (Lipinski definition) is 5. The van der Waals surface area contributed by atoms with Gasteiger partial charge >= 0.3 is 0 Å². The lowest BCUT2D eigenvalue weighted by Crippen LogP contribution is -2.46. The summed E-state index contributed by atoms with van der Waals surface area (Å²) in [4.78, 5) is 4.07. The maximum absolute atomic E-state index is 10.1.